The molecule has 3 aliphatic rings. The van der Waals surface area contributed by atoms with E-state index in [1.54, 1.807) is 6.20 Å². The highest BCUT2D eigenvalue weighted by atomic mass is 19.1. The molecule has 1 aliphatic carbocycles. The quantitative estimate of drug-likeness (QED) is 0.638. The van der Waals surface area contributed by atoms with E-state index in [0.717, 1.165) is 49.1 Å². The van der Waals surface area contributed by atoms with E-state index >= 15 is 0 Å². The number of nitrogens with one attached hydrogen (secondary N) is 3. The van der Waals surface area contributed by atoms with Crippen LogP contribution in [0, 0.1) is 5.41 Å². The van der Waals surface area contributed by atoms with Gasteiger partial charge in [-0.2, -0.15) is 0 Å². The van der Waals surface area contributed by atoms with Crippen molar-refractivity contribution in [3.63, 3.8) is 0 Å². The minimum absolute atomic E-state index is 0.265. The second kappa shape index (κ2) is 8.74. The molecular weight excluding hydrogens is 367 g/mol. The maximum atomic E-state index is 14.2. The molecule has 1 aromatic carbocycles. The van der Waals surface area contributed by atoms with Crippen LogP contribution >= 0.6 is 0 Å². The first-order valence-corrected chi connectivity index (χ1v) is 11.0. The Balaban J connectivity index is 1.67. The predicted molar refractivity (Wildman–Crippen MR) is 117 cm³/mol. The maximum Gasteiger partial charge on any atom is 0.132 e. The second-order valence-corrected chi connectivity index (χ2v) is 8.64. The third-order valence-corrected chi connectivity index (χ3v) is 6.74. The number of anilines is 1. The Bertz CT molecular complexity index is 776. The van der Waals surface area contributed by atoms with Crippen molar-refractivity contribution < 1.29 is 9.13 Å². The van der Waals surface area contributed by atoms with E-state index in [2.05, 4.69) is 41.6 Å². The second-order valence-electron chi connectivity index (χ2n) is 8.64. The number of alkyl halides is 1. The molecule has 1 saturated heterocycles. The average molecular weight is 401 g/mol. The fourth-order valence-corrected chi connectivity index (χ4v) is 4.37. The van der Waals surface area contributed by atoms with Crippen LogP contribution in [-0.4, -0.2) is 50.7 Å². The zero-order valence-corrected chi connectivity index (χ0v) is 17.5. The monoisotopic (exact) mass is 400 g/mol. The van der Waals surface area contributed by atoms with Gasteiger partial charge in [0.2, 0.25) is 0 Å². The van der Waals surface area contributed by atoms with Crippen LogP contribution in [-0.2, 0) is 6.42 Å². The number of rotatable bonds is 6. The number of piperidine rings is 1. The van der Waals surface area contributed by atoms with Gasteiger partial charge in [-0.15, -0.1) is 0 Å². The van der Waals surface area contributed by atoms with Crippen molar-refractivity contribution in [1.82, 2.24) is 10.6 Å². The molecule has 5 nitrogen and oxygen atoms in total. The number of ether oxygens (including phenoxy) is 1. The van der Waals surface area contributed by atoms with E-state index in [4.69, 9.17) is 10.1 Å². The van der Waals surface area contributed by atoms with Gasteiger partial charge in [-0.1, -0.05) is 0 Å². The maximum absolute atomic E-state index is 14.2. The van der Waals surface area contributed by atoms with Crippen LogP contribution < -0.4 is 20.3 Å². The molecule has 3 N–H and O–H groups in total. The summed E-state index contributed by atoms with van der Waals surface area (Å²) in [6.07, 6.45) is 8.53. The summed E-state index contributed by atoms with van der Waals surface area (Å²) in [5.74, 6) is 0.918. The molecule has 29 heavy (non-hydrogen) atoms. The summed E-state index contributed by atoms with van der Waals surface area (Å²) in [7, 11) is 2.14. The van der Waals surface area contributed by atoms with Gasteiger partial charge in [0.1, 0.15) is 11.9 Å². The van der Waals surface area contributed by atoms with E-state index in [-0.39, 0.29) is 12.1 Å². The molecule has 1 saturated carbocycles. The molecule has 2 fully saturated rings. The molecular formula is C23H33FN4O. The van der Waals surface area contributed by atoms with Gasteiger partial charge < -0.3 is 25.7 Å². The fraction of sp³-hybridized carbons (Fsp3) is 0.609. The van der Waals surface area contributed by atoms with E-state index in [1.807, 2.05) is 0 Å². The van der Waals surface area contributed by atoms with Gasteiger partial charge in [-0.3, -0.25) is 0 Å². The zero-order valence-electron chi connectivity index (χ0n) is 17.5. The fourth-order valence-electron chi connectivity index (χ4n) is 4.37. The Hall–Kier alpha value is -2.08. The van der Waals surface area contributed by atoms with E-state index in [9.17, 15) is 4.39 Å². The van der Waals surface area contributed by atoms with Crippen molar-refractivity contribution in [1.29, 1.82) is 5.41 Å². The van der Waals surface area contributed by atoms with Gasteiger partial charge in [0, 0.05) is 54.4 Å². The molecule has 4 rings (SSSR count). The van der Waals surface area contributed by atoms with Gasteiger partial charge in [0.15, 0.2) is 0 Å². The number of halogens is 1. The van der Waals surface area contributed by atoms with E-state index < -0.39 is 6.17 Å². The lowest BCUT2D eigenvalue weighted by molar-refractivity contribution is 0.118. The van der Waals surface area contributed by atoms with Gasteiger partial charge >= 0.3 is 0 Å². The van der Waals surface area contributed by atoms with Crippen LogP contribution in [0.3, 0.4) is 0 Å². The molecule has 6 heteroatoms. The first-order valence-electron chi connectivity index (χ1n) is 11.0. The lowest BCUT2D eigenvalue weighted by Crippen LogP contribution is -2.48. The third kappa shape index (κ3) is 4.13. The minimum atomic E-state index is -0.871. The van der Waals surface area contributed by atoms with Crippen molar-refractivity contribution in [2.45, 2.75) is 69.8 Å². The number of allylic oxidation sites excluding steroid dienone is 1. The first-order chi connectivity index (χ1) is 14.1. The summed E-state index contributed by atoms with van der Waals surface area (Å²) < 4.78 is 20.7. The van der Waals surface area contributed by atoms with Crippen molar-refractivity contribution >= 4 is 17.5 Å². The van der Waals surface area contributed by atoms with Crippen molar-refractivity contribution in [2.75, 3.05) is 25.0 Å². The van der Waals surface area contributed by atoms with Gasteiger partial charge in [0.25, 0.3) is 0 Å². The largest absolute Gasteiger partial charge is 0.489 e. The van der Waals surface area contributed by atoms with E-state index in [0.29, 0.717) is 19.0 Å². The molecule has 0 radical (unpaired) electrons. The molecule has 3 atom stereocenters. The number of benzene rings is 1. The molecule has 0 amide bonds. The first kappa shape index (κ1) is 20.2. The SMILES string of the molecule is CC1CCc2c(ccc(/C(C=N)=C/NC3CNCCC3F)c2OC2CCC2)N1C. The highest BCUT2D eigenvalue weighted by Crippen LogP contribution is 2.42. The molecule has 2 heterocycles. The van der Waals surface area contributed by atoms with Crippen LogP contribution in [0.4, 0.5) is 10.1 Å². The average Bonchev–Trinajstić information content (AvgIpc) is 2.69. The van der Waals surface area contributed by atoms with Crippen LogP contribution in [0.15, 0.2) is 18.3 Å². The molecule has 0 aromatic heterocycles. The Morgan fingerprint density at radius 3 is 2.83 bits per heavy atom. The van der Waals surface area contributed by atoms with Gasteiger partial charge in [-0.05, 0) is 64.1 Å². The zero-order chi connectivity index (χ0) is 20.4. The number of hydrogen-bond acceptors (Lipinski definition) is 5. The third-order valence-electron chi connectivity index (χ3n) is 6.74. The number of fused-ring (bicyclic) bond motifs is 1. The number of nitrogens with zero attached hydrogens (tertiary/aromatic N) is 1. The van der Waals surface area contributed by atoms with E-state index in [1.165, 1.54) is 23.9 Å². The number of hydrogen-bond donors (Lipinski definition) is 3. The standard InChI is InChI=1S/C23H33FN4O/c1-15-6-7-19-22(28(15)2)9-8-18(23(19)29-17-4-3-5-17)16(12-25)13-27-21-14-26-11-10-20(21)24/h8-9,12-13,15,17,20-21,25-27H,3-7,10-11,14H2,1-2H3/b16-13+,25-12?. The van der Waals surface area contributed by atoms with Crippen molar-refractivity contribution in [3.8, 4) is 5.75 Å². The summed E-state index contributed by atoms with van der Waals surface area (Å²) in [5, 5.41) is 14.4. The molecule has 0 bridgehead atoms. The molecule has 0 spiro atoms. The molecule has 158 valence electrons. The summed E-state index contributed by atoms with van der Waals surface area (Å²) in [5.41, 5.74) is 4.13. The summed E-state index contributed by atoms with van der Waals surface area (Å²) in [6, 6.07) is 4.45. The molecule has 2 aliphatic heterocycles. The van der Waals surface area contributed by atoms with Crippen LogP contribution in [0.2, 0.25) is 0 Å². The summed E-state index contributed by atoms with van der Waals surface area (Å²) in [6.45, 7) is 3.57. The lowest BCUT2D eigenvalue weighted by Gasteiger charge is -2.37. The molecule has 1 aromatic rings. The van der Waals surface area contributed by atoms with Crippen molar-refractivity contribution in [3.05, 3.63) is 29.5 Å². The Kier molecular flexibility index (Phi) is 6.09. The Labute approximate surface area is 173 Å². The predicted octanol–water partition coefficient (Wildman–Crippen LogP) is 3.67. The van der Waals surface area contributed by atoms with Crippen LogP contribution in [0.1, 0.15) is 50.2 Å². The smallest absolute Gasteiger partial charge is 0.132 e. The highest BCUT2D eigenvalue weighted by molar-refractivity contribution is 6.09. The van der Waals surface area contributed by atoms with Crippen LogP contribution in [0.5, 0.6) is 5.75 Å². The summed E-state index contributed by atoms with van der Waals surface area (Å²) >= 11 is 0. The lowest BCUT2D eigenvalue weighted by atomic mass is 9.91. The Morgan fingerprint density at radius 1 is 1.31 bits per heavy atom. The minimum Gasteiger partial charge on any atom is -0.489 e. The molecule has 3 unspecified atom stereocenters. The topological polar surface area (TPSA) is 60.4 Å². The Morgan fingerprint density at radius 2 is 2.14 bits per heavy atom. The highest BCUT2D eigenvalue weighted by Gasteiger charge is 2.29. The van der Waals surface area contributed by atoms with Gasteiger partial charge in [0.05, 0.1) is 12.1 Å². The van der Waals surface area contributed by atoms with Crippen molar-refractivity contribution in [2.24, 2.45) is 0 Å². The summed E-state index contributed by atoms with van der Waals surface area (Å²) in [4.78, 5) is 2.32. The normalized spacial score (nSPS) is 27.8. The van der Waals surface area contributed by atoms with Gasteiger partial charge in [-0.25, -0.2) is 4.39 Å². The van der Waals surface area contributed by atoms with Crippen LogP contribution in [0.25, 0.3) is 5.57 Å².